The standard InChI is InChI=1S/C31H29F3N2O3/c1-30(2,29(37)38)39-27-15-10-22(11-16-27)18-19-36(21-23-8-13-26(14-9-23)31(32,33)34)28-17-12-25(20-35-28)24-6-4-3-5-7-24/h3-17,20H,18-19,21H2,1-2H3,(H,37,38). The molecule has 3 aromatic carbocycles. The zero-order chi connectivity index (χ0) is 28.0. The first-order chi connectivity index (χ1) is 18.5. The molecule has 1 heterocycles. The highest BCUT2D eigenvalue weighted by molar-refractivity contribution is 5.76. The van der Waals surface area contributed by atoms with Crippen LogP contribution in [0.25, 0.3) is 11.1 Å². The highest BCUT2D eigenvalue weighted by atomic mass is 19.4. The second kappa shape index (κ2) is 11.6. The van der Waals surface area contributed by atoms with Gasteiger partial charge in [0.05, 0.1) is 5.56 Å². The third-order valence-electron chi connectivity index (χ3n) is 6.32. The van der Waals surface area contributed by atoms with Crippen molar-refractivity contribution in [1.82, 2.24) is 4.98 Å². The van der Waals surface area contributed by atoms with Gasteiger partial charge < -0.3 is 14.7 Å². The third kappa shape index (κ3) is 7.37. The molecule has 0 fully saturated rings. The van der Waals surface area contributed by atoms with Crippen molar-refractivity contribution in [2.45, 2.75) is 38.6 Å². The molecule has 0 amide bonds. The van der Waals surface area contributed by atoms with E-state index in [1.165, 1.54) is 26.0 Å². The quantitative estimate of drug-likeness (QED) is 0.232. The van der Waals surface area contributed by atoms with Crippen LogP contribution in [0, 0.1) is 0 Å². The van der Waals surface area contributed by atoms with Crippen molar-refractivity contribution >= 4 is 11.8 Å². The van der Waals surface area contributed by atoms with E-state index in [0.717, 1.165) is 34.4 Å². The van der Waals surface area contributed by atoms with Crippen molar-refractivity contribution in [2.75, 3.05) is 11.4 Å². The molecule has 4 aromatic rings. The number of pyridine rings is 1. The fourth-order valence-corrected chi connectivity index (χ4v) is 4.00. The number of halogens is 3. The Morgan fingerprint density at radius 1 is 0.846 bits per heavy atom. The van der Waals surface area contributed by atoms with Crippen LogP contribution in [0.15, 0.2) is 97.2 Å². The number of nitrogens with zero attached hydrogens (tertiary/aromatic N) is 2. The number of carboxylic acids is 1. The monoisotopic (exact) mass is 534 g/mol. The molecule has 0 radical (unpaired) electrons. The van der Waals surface area contributed by atoms with Gasteiger partial charge in [-0.1, -0.05) is 54.6 Å². The van der Waals surface area contributed by atoms with Crippen LogP contribution < -0.4 is 9.64 Å². The average molecular weight is 535 g/mol. The SMILES string of the molecule is CC(C)(Oc1ccc(CCN(Cc2ccc(C(F)(F)F)cc2)c2ccc(-c3ccccc3)cn2)cc1)C(=O)O. The van der Waals surface area contributed by atoms with E-state index in [1.807, 2.05) is 59.5 Å². The van der Waals surface area contributed by atoms with Crippen LogP contribution in [0.5, 0.6) is 5.75 Å². The lowest BCUT2D eigenvalue weighted by Crippen LogP contribution is -2.37. The molecule has 1 N–H and O–H groups in total. The number of alkyl halides is 3. The predicted molar refractivity (Wildman–Crippen MR) is 145 cm³/mol. The Morgan fingerprint density at radius 2 is 1.49 bits per heavy atom. The molecule has 5 nitrogen and oxygen atoms in total. The molecule has 0 saturated carbocycles. The van der Waals surface area contributed by atoms with Crippen LogP contribution in [0.3, 0.4) is 0 Å². The molecule has 0 aliphatic carbocycles. The third-order valence-corrected chi connectivity index (χ3v) is 6.32. The topological polar surface area (TPSA) is 62.7 Å². The van der Waals surface area contributed by atoms with Gasteiger partial charge in [0.2, 0.25) is 0 Å². The number of ether oxygens (including phenoxy) is 1. The number of hydrogen-bond donors (Lipinski definition) is 1. The van der Waals surface area contributed by atoms with E-state index in [0.29, 0.717) is 31.1 Å². The van der Waals surface area contributed by atoms with E-state index in [2.05, 4.69) is 4.98 Å². The number of carboxylic acid groups (broad SMARTS) is 1. The minimum absolute atomic E-state index is 0.379. The largest absolute Gasteiger partial charge is 0.478 e. The summed E-state index contributed by atoms with van der Waals surface area (Å²) >= 11 is 0. The fraction of sp³-hybridized carbons (Fsp3) is 0.226. The predicted octanol–water partition coefficient (Wildman–Crippen LogP) is 7.26. The first-order valence-corrected chi connectivity index (χ1v) is 12.5. The van der Waals surface area contributed by atoms with Crippen LogP contribution in [-0.4, -0.2) is 28.2 Å². The minimum Gasteiger partial charge on any atom is -0.478 e. The Hall–Kier alpha value is -4.33. The fourth-order valence-electron chi connectivity index (χ4n) is 4.00. The molecule has 4 rings (SSSR count). The lowest BCUT2D eigenvalue weighted by atomic mass is 10.1. The van der Waals surface area contributed by atoms with Gasteiger partial charge in [0.25, 0.3) is 0 Å². The summed E-state index contributed by atoms with van der Waals surface area (Å²) in [5, 5.41) is 9.28. The van der Waals surface area contributed by atoms with E-state index >= 15 is 0 Å². The maximum absolute atomic E-state index is 13.0. The summed E-state index contributed by atoms with van der Waals surface area (Å²) in [5.41, 5.74) is 1.70. The van der Waals surface area contributed by atoms with Crippen LogP contribution in [0.2, 0.25) is 0 Å². The summed E-state index contributed by atoms with van der Waals surface area (Å²) in [6.07, 6.45) is -1.96. The van der Waals surface area contributed by atoms with Gasteiger partial charge in [-0.2, -0.15) is 13.2 Å². The van der Waals surface area contributed by atoms with E-state index < -0.39 is 23.3 Å². The molecule has 8 heteroatoms. The zero-order valence-corrected chi connectivity index (χ0v) is 21.7. The second-order valence-corrected chi connectivity index (χ2v) is 9.70. The number of benzene rings is 3. The van der Waals surface area contributed by atoms with E-state index in [9.17, 15) is 23.1 Å². The van der Waals surface area contributed by atoms with Gasteiger partial charge in [-0.3, -0.25) is 0 Å². The van der Waals surface area contributed by atoms with Crippen LogP contribution >= 0.6 is 0 Å². The van der Waals surface area contributed by atoms with Crippen molar-refractivity contribution in [3.05, 3.63) is 114 Å². The Labute approximate surface area is 225 Å². The minimum atomic E-state index is -4.39. The summed E-state index contributed by atoms with van der Waals surface area (Å²) in [7, 11) is 0. The maximum Gasteiger partial charge on any atom is 0.416 e. The number of rotatable bonds is 10. The molecular weight excluding hydrogens is 505 g/mol. The molecule has 39 heavy (non-hydrogen) atoms. The average Bonchev–Trinajstić information content (AvgIpc) is 2.92. The lowest BCUT2D eigenvalue weighted by Gasteiger charge is -2.25. The van der Waals surface area contributed by atoms with Gasteiger partial charge in [0.15, 0.2) is 5.60 Å². The van der Waals surface area contributed by atoms with Crippen molar-refractivity contribution in [3.63, 3.8) is 0 Å². The van der Waals surface area contributed by atoms with E-state index in [4.69, 9.17) is 4.74 Å². The number of carbonyl (C=O) groups is 1. The van der Waals surface area contributed by atoms with Crippen molar-refractivity contribution in [2.24, 2.45) is 0 Å². The van der Waals surface area contributed by atoms with Gasteiger partial charge >= 0.3 is 12.1 Å². The van der Waals surface area contributed by atoms with Gasteiger partial charge in [0.1, 0.15) is 11.6 Å². The Bertz CT molecular complexity index is 1370. The first kappa shape index (κ1) is 27.7. The number of aromatic nitrogens is 1. The number of aliphatic carboxylic acids is 1. The summed E-state index contributed by atoms with van der Waals surface area (Å²) in [4.78, 5) is 18.0. The van der Waals surface area contributed by atoms with Crippen molar-refractivity contribution in [1.29, 1.82) is 0 Å². The van der Waals surface area contributed by atoms with Gasteiger partial charge in [0, 0.05) is 24.8 Å². The first-order valence-electron chi connectivity index (χ1n) is 12.5. The summed E-state index contributed by atoms with van der Waals surface area (Å²) in [6.45, 7) is 3.90. The van der Waals surface area contributed by atoms with Gasteiger partial charge in [-0.25, -0.2) is 9.78 Å². The van der Waals surface area contributed by atoms with Gasteiger partial charge in [-0.05, 0) is 73.4 Å². The zero-order valence-electron chi connectivity index (χ0n) is 21.7. The Morgan fingerprint density at radius 3 is 2.05 bits per heavy atom. The highest BCUT2D eigenvalue weighted by Gasteiger charge is 2.30. The normalized spacial score (nSPS) is 11.7. The summed E-state index contributed by atoms with van der Waals surface area (Å²) in [6, 6.07) is 26.1. The Balaban J connectivity index is 1.51. The maximum atomic E-state index is 13.0. The molecule has 202 valence electrons. The number of hydrogen-bond acceptors (Lipinski definition) is 4. The molecule has 0 saturated heterocycles. The van der Waals surface area contributed by atoms with Gasteiger partial charge in [-0.15, -0.1) is 0 Å². The van der Waals surface area contributed by atoms with Crippen molar-refractivity contribution in [3.8, 4) is 16.9 Å². The van der Waals surface area contributed by atoms with Crippen LogP contribution in [-0.2, 0) is 23.9 Å². The summed E-state index contributed by atoms with van der Waals surface area (Å²) < 4.78 is 44.7. The lowest BCUT2D eigenvalue weighted by molar-refractivity contribution is -0.152. The Kier molecular flexibility index (Phi) is 8.24. The van der Waals surface area contributed by atoms with Crippen LogP contribution in [0.1, 0.15) is 30.5 Å². The van der Waals surface area contributed by atoms with E-state index in [-0.39, 0.29) is 0 Å². The molecule has 0 atom stereocenters. The second-order valence-electron chi connectivity index (χ2n) is 9.70. The molecular formula is C31H29F3N2O3. The molecule has 0 aliphatic heterocycles. The summed E-state index contributed by atoms with van der Waals surface area (Å²) in [5.74, 6) is 0.0972. The van der Waals surface area contributed by atoms with Crippen molar-refractivity contribution < 1.29 is 27.8 Å². The highest BCUT2D eigenvalue weighted by Crippen LogP contribution is 2.30. The molecule has 0 unspecified atom stereocenters. The smallest absolute Gasteiger partial charge is 0.416 e. The molecule has 0 spiro atoms. The number of anilines is 1. The molecule has 1 aromatic heterocycles. The molecule has 0 aliphatic rings. The molecule has 0 bridgehead atoms. The van der Waals surface area contributed by atoms with Crippen LogP contribution in [0.4, 0.5) is 19.0 Å². The van der Waals surface area contributed by atoms with E-state index in [1.54, 1.807) is 18.3 Å².